The molecular weight excluding hydrogens is 316 g/mol. The Kier molecular flexibility index (Phi) is 4.84. The van der Waals surface area contributed by atoms with E-state index in [1.807, 2.05) is 27.9 Å². The van der Waals surface area contributed by atoms with Gasteiger partial charge in [0.05, 0.1) is 4.90 Å². The average molecular weight is 336 g/mol. The Hall–Kier alpha value is -2.22. The van der Waals surface area contributed by atoms with E-state index in [9.17, 15) is 8.42 Å². The third-order valence-corrected chi connectivity index (χ3v) is 4.13. The molecule has 0 saturated carbocycles. The largest absolute Gasteiger partial charge is 0.424 e. The molecule has 0 aliphatic heterocycles. The predicted octanol–water partition coefficient (Wildman–Crippen LogP) is 2.26. The zero-order valence-corrected chi connectivity index (χ0v) is 14.6. The number of sulfone groups is 1. The zero-order valence-electron chi connectivity index (χ0n) is 13.8. The van der Waals surface area contributed by atoms with Crippen molar-refractivity contribution in [3.05, 3.63) is 30.1 Å². The lowest BCUT2D eigenvalue weighted by Crippen LogP contribution is -2.15. The minimum Gasteiger partial charge on any atom is -0.424 e. The molecule has 1 aromatic carbocycles. The molecule has 1 aromatic heterocycles. The lowest BCUT2D eigenvalue weighted by Gasteiger charge is -2.14. The van der Waals surface area contributed by atoms with Crippen LogP contribution in [0.15, 0.2) is 29.2 Å². The Bertz CT molecular complexity index is 761. The number of nitrogens with zero attached hydrogens (tertiary/aromatic N) is 4. The van der Waals surface area contributed by atoms with Crippen molar-refractivity contribution in [2.45, 2.75) is 24.7 Å². The molecule has 0 atom stereocenters. The average Bonchev–Trinajstić information content (AvgIpc) is 2.46. The lowest BCUT2D eigenvalue weighted by molar-refractivity contribution is 0.434. The molecule has 0 amide bonds. The van der Waals surface area contributed by atoms with Crippen molar-refractivity contribution in [3.8, 4) is 11.8 Å². The zero-order chi connectivity index (χ0) is 17.2. The van der Waals surface area contributed by atoms with Gasteiger partial charge < -0.3 is 9.64 Å². The molecule has 1 heterocycles. The number of benzene rings is 1. The quantitative estimate of drug-likeness (QED) is 0.828. The van der Waals surface area contributed by atoms with E-state index < -0.39 is 9.84 Å². The van der Waals surface area contributed by atoms with Crippen LogP contribution in [0.3, 0.4) is 0 Å². The van der Waals surface area contributed by atoms with E-state index in [1.54, 1.807) is 17.0 Å². The second-order valence-corrected chi connectivity index (χ2v) is 7.69. The first kappa shape index (κ1) is 17.1. The predicted molar refractivity (Wildman–Crippen MR) is 87.9 cm³/mol. The van der Waals surface area contributed by atoms with E-state index in [1.165, 1.54) is 12.1 Å². The molecule has 23 heavy (non-hydrogen) atoms. The molecule has 0 aliphatic carbocycles. The van der Waals surface area contributed by atoms with Crippen LogP contribution in [-0.4, -0.2) is 43.7 Å². The second kappa shape index (κ2) is 6.49. The smallest absolute Gasteiger partial charge is 0.327 e. The fourth-order valence-electron chi connectivity index (χ4n) is 1.73. The first-order valence-electron chi connectivity index (χ1n) is 7.08. The van der Waals surface area contributed by atoms with Crippen LogP contribution < -0.4 is 9.64 Å². The van der Waals surface area contributed by atoms with E-state index in [0.717, 1.165) is 6.26 Å². The molecule has 0 radical (unpaired) electrons. The van der Waals surface area contributed by atoms with E-state index in [-0.39, 0.29) is 16.8 Å². The fourth-order valence-corrected chi connectivity index (χ4v) is 2.36. The summed E-state index contributed by atoms with van der Waals surface area (Å²) in [4.78, 5) is 14.9. The van der Waals surface area contributed by atoms with E-state index in [4.69, 9.17) is 4.74 Å². The van der Waals surface area contributed by atoms with Gasteiger partial charge in [0.1, 0.15) is 11.6 Å². The van der Waals surface area contributed by atoms with Gasteiger partial charge in [0, 0.05) is 26.3 Å². The molecule has 8 heteroatoms. The van der Waals surface area contributed by atoms with Gasteiger partial charge in [0.25, 0.3) is 0 Å². The molecule has 0 unspecified atom stereocenters. The SMILES string of the molecule is CC(C)c1nc(Oc2ccc(S(C)(=O)=O)cc2)nc(N(C)C)n1. The summed E-state index contributed by atoms with van der Waals surface area (Å²) in [5.41, 5.74) is 0. The van der Waals surface area contributed by atoms with Crippen LogP contribution in [0.5, 0.6) is 11.8 Å². The first-order chi connectivity index (χ1) is 10.7. The van der Waals surface area contributed by atoms with Gasteiger partial charge in [-0.25, -0.2) is 8.42 Å². The van der Waals surface area contributed by atoms with Crippen LogP contribution in [0, 0.1) is 0 Å². The summed E-state index contributed by atoms with van der Waals surface area (Å²) in [6.07, 6.45) is 1.16. The van der Waals surface area contributed by atoms with Gasteiger partial charge in [0.2, 0.25) is 5.95 Å². The molecule has 0 fully saturated rings. The highest BCUT2D eigenvalue weighted by Gasteiger charge is 2.13. The number of hydrogen-bond acceptors (Lipinski definition) is 7. The van der Waals surface area contributed by atoms with Crippen LogP contribution in [0.1, 0.15) is 25.6 Å². The highest BCUT2D eigenvalue weighted by Crippen LogP contribution is 2.23. The van der Waals surface area contributed by atoms with Gasteiger partial charge in [-0.1, -0.05) is 13.8 Å². The molecule has 0 spiro atoms. The Labute approximate surface area is 136 Å². The number of ether oxygens (including phenoxy) is 1. The molecule has 0 saturated heterocycles. The number of aromatic nitrogens is 3. The highest BCUT2D eigenvalue weighted by atomic mass is 32.2. The number of anilines is 1. The van der Waals surface area contributed by atoms with Gasteiger partial charge in [-0.05, 0) is 24.3 Å². The van der Waals surface area contributed by atoms with Crippen molar-refractivity contribution in [2.24, 2.45) is 0 Å². The molecule has 0 bridgehead atoms. The van der Waals surface area contributed by atoms with E-state index >= 15 is 0 Å². The Morgan fingerprint density at radius 1 is 1.04 bits per heavy atom. The number of hydrogen-bond donors (Lipinski definition) is 0. The Morgan fingerprint density at radius 3 is 2.13 bits per heavy atom. The summed E-state index contributed by atoms with van der Waals surface area (Å²) in [5.74, 6) is 1.73. The van der Waals surface area contributed by atoms with Gasteiger partial charge in [-0.2, -0.15) is 15.0 Å². The molecule has 2 rings (SSSR count). The Balaban J connectivity index is 2.32. The maximum atomic E-state index is 11.5. The summed E-state index contributed by atoms with van der Waals surface area (Å²) >= 11 is 0. The summed E-state index contributed by atoms with van der Waals surface area (Å²) < 4.78 is 28.6. The van der Waals surface area contributed by atoms with Gasteiger partial charge in [-0.15, -0.1) is 0 Å². The standard InChI is InChI=1S/C15H20N4O3S/c1-10(2)13-16-14(19(3)4)18-15(17-13)22-11-6-8-12(9-7-11)23(5,20)21/h6-10H,1-5H3. The monoisotopic (exact) mass is 336 g/mol. The molecular formula is C15H20N4O3S. The van der Waals surface area contributed by atoms with E-state index in [0.29, 0.717) is 17.5 Å². The summed E-state index contributed by atoms with van der Waals surface area (Å²) in [6, 6.07) is 6.30. The van der Waals surface area contributed by atoms with Crippen molar-refractivity contribution in [1.82, 2.24) is 15.0 Å². The van der Waals surface area contributed by atoms with Crippen LogP contribution in [0.2, 0.25) is 0 Å². The van der Waals surface area contributed by atoms with Gasteiger partial charge in [0.15, 0.2) is 9.84 Å². The molecule has 2 aromatic rings. The lowest BCUT2D eigenvalue weighted by atomic mass is 10.2. The van der Waals surface area contributed by atoms with Gasteiger partial charge >= 0.3 is 6.01 Å². The van der Waals surface area contributed by atoms with Crippen LogP contribution in [0.25, 0.3) is 0 Å². The molecule has 7 nitrogen and oxygen atoms in total. The third-order valence-electron chi connectivity index (χ3n) is 3.00. The van der Waals surface area contributed by atoms with Crippen molar-refractivity contribution in [3.63, 3.8) is 0 Å². The van der Waals surface area contributed by atoms with Gasteiger partial charge in [-0.3, -0.25) is 0 Å². The number of rotatable bonds is 5. The second-order valence-electron chi connectivity index (χ2n) is 5.67. The summed E-state index contributed by atoms with van der Waals surface area (Å²) in [6.45, 7) is 3.97. The maximum Gasteiger partial charge on any atom is 0.327 e. The first-order valence-corrected chi connectivity index (χ1v) is 8.97. The van der Waals surface area contributed by atoms with Crippen molar-refractivity contribution < 1.29 is 13.2 Å². The highest BCUT2D eigenvalue weighted by molar-refractivity contribution is 7.90. The fraction of sp³-hybridized carbons (Fsp3) is 0.400. The minimum atomic E-state index is -3.23. The third kappa shape index (κ3) is 4.38. The van der Waals surface area contributed by atoms with Crippen molar-refractivity contribution in [2.75, 3.05) is 25.3 Å². The summed E-state index contributed by atoms with van der Waals surface area (Å²) in [5, 5.41) is 0. The minimum absolute atomic E-state index is 0.131. The van der Waals surface area contributed by atoms with Crippen molar-refractivity contribution in [1.29, 1.82) is 0 Å². The summed E-state index contributed by atoms with van der Waals surface area (Å²) in [7, 11) is 0.443. The van der Waals surface area contributed by atoms with E-state index in [2.05, 4.69) is 15.0 Å². The molecule has 0 N–H and O–H groups in total. The van der Waals surface area contributed by atoms with Crippen LogP contribution in [0.4, 0.5) is 5.95 Å². The molecule has 124 valence electrons. The van der Waals surface area contributed by atoms with Crippen LogP contribution in [-0.2, 0) is 9.84 Å². The topological polar surface area (TPSA) is 85.3 Å². The Morgan fingerprint density at radius 2 is 1.65 bits per heavy atom. The van der Waals surface area contributed by atoms with Crippen LogP contribution >= 0.6 is 0 Å². The van der Waals surface area contributed by atoms with Crippen molar-refractivity contribution >= 4 is 15.8 Å². The molecule has 0 aliphatic rings. The maximum absolute atomic E-state index is 11.5. The normalized spacial score (nSPS) is 11.6.